The summed E-state index contributed by atoms with van der Waals surface area (Å²) in [6, 6.07) is 20.7. The number of carbonyl (C=O) groups excluding carboxylic acids is 4. The van der Waals surface area contributed by atoms with Crippen LogP contribution < -0.4 is 21.5 Å². The van der Waals surface area contributed by atoms with E-state index in [4.69, 9.17) is 8.83 Å². The van der Waals surface area contributed by atoms with Crippen LogP contribution in [-0.4, -0.2) is 35.1 Å². The molecule has 4 rings (SSSR count). The highest BCUT2D eigenvalue weighted by Gasteiger charge is 2.10. The summed E-state index contributed by atoms with van der Waals surface area (Å²) in [5, 5.41) is 13.8. The Kier molecular flexibility index (Phi) is 12.2. The first kappa shape index (κ1) is 33.1. The molecule has 0 radical (unpaired) electrons. The van der Waals surface area contributed by atoms with E-state index in [-0.39, 0.29) is 35.1 Å². The summed E-state index contributed by atoms with van der Waals surface area (Å²) < 4.78 is 10.2. The SMILES string of the molecule is CC(=NNC(=O)CCCCCCC(=O)NN=C(C)c1ccc(NC(=O)c2ccco2)cc1)c1ccc(NC(=O)c2ccco2)cc1. The van der Waals surface area contributed by atoms with Crippen molar-refractivity contribution in [2.45, 2.75) is 52.4 Å². The van der Waals surface area contributed by atoms with Gasteiger partial charge in [0.25, 0.3) is 11.8 Å². The predicted octanol–water partition coefficient (Wildman–Crippen LogP) is 6.10. The van der Waals surface area contributed by atoms with Crippen molar-refractivity contribution in [3.05, 3.63) is 108 Å². The minimum atomic E-state index is -0.339. The molecule has 4 aromatic rings. The van der Waals surface area contributed by atoms with Crippen LogP contribution in [0.25, 0.3) is 0 Å². The number of carbonyl (C=O) groups is 4. The zero-order chi connectivity index (χ0) is 32.7. The second-order valence-corrected chi connectivity index (χ2v) is 10.4. The van der Waals surface area contributed by atoms with E-state index in [1.54, 1.807) is 86.6 Å². The number of amides is 4. The predicted molar refractivity (Wildman–Crippen MR) is 175 cm³/mol. The fraction of sp³-hybridized carbons (Fsp3) is 0.235. The fourth-order valence-corrected chi connectivity index (χ4v) is 4.25. The molecule has 2 heterocycles. The maximum Gasteiger partial charge on any atom is 0.291 e. The third-order valence-corrected chi connectivity index (χ3v) is 6.87. The molecule has 0 saturated carbocycles. The summed E-state index contributed by atoms with van der Waals surface area (Å²) in [6.07, 6.45) is 6.51. The number of anilines is 2. The van der Waals surface area contributed by atoms with E-state index in [1.807, 2.05) is 0 Å². The molecule has 238 valence electrons. The molecule has 0 bridgehead atoms. The number of nitrogens with one attached hydrogen (secondary N) is 4. The Morgan fingerprint density at radius 1 is 0.565 bits per heavy atom. The van der Waals surface area contributed by atoms with Gasteiger partial charge in [-0.25, -0.2) is 10.9 Å². The smallest absolute Gasteiger partial charge is 0.291 e. The van der Waals surface area contributed by atoms with Gasteiger partial charge in [0.15, 0.2) is 11.5 Å². The molecule has 12 nitrogen and oxygen atoms in total. The Labute approximate surface area is 266 Å². The molecular formula is C34H36N6O6. The minimum Gasteiger partial charge on any atom is -0.459 e. The normalized spacial score (nSPS) is 11.5. The third-order valence-electron chi connectivity index (χ3n) is 6.87. The lowest BCUT2D eigenvalue weighted by Gasteiger charge is -2.06. The van der Waals surface area contributed by atoms with Gasteiger partial charge in [0, 0.05) is 24.2 Å². The van der Waals surface area contributed by atoms with Crippen molar-refractivity contribution in [1.82, 2.24) is 10.9 Å². The maximum absolute atomic E-state index is 12.2. The number of nitrogens with zero attached hydrogens (tertiary/aromatic N) is 2. The molecule has 0 aliphatic rings. The number of hydrogen-bond acceptors (Lipinski definition) is 8. The first-order valence-electron chi connectivity index (χ1n) is 14.9. The Bertz CT molecular complexity index is 1530. The van der Waals surface area contributed by atoms with Crippen LogP contribution in [0.3, 0.4) is 0 Å². The van der Waals surface area contributed by atoms with Gasteiger partial charge in [0.2, 0.25) is 11.8 Å². The van der Waals surface area contributed by atoms with Crippen LogP contribution in [0, 0.1) is 0 Å². The topological polar surface area (TPSA) is 167 Å². The number of hydrogen-bond donors (Lipinski definition) is 4. The second-order valence-electron chi connectivity index (χ2n) is 10.4. The van der Waals surface area contributed by atoms with Crippen LogP contribution in [-0.2, 0) is 9.59 Å². The quantitative estimate of drug-likeness (QED) is 0.0708. The number of benzene rings is 2. The van der Waals surface area contributed by atoms with E-state index in [0.29, 0.717) is 48.5 Å². The average molecular weight is 625 g/mol. The van der Waals surface area contributed by atoms with Crippen molar-refractivity contribution in [3.8, 4) is 0 Å². The van der Waals surface area contributed by atoms with E-state index in [0.717, 1.165) is 24.0 Å². The van der Waals surface area contributed by atoms with E-state index in [2.05, 4.69) is 31.7 Å². The number of rotatable bonds is 15. The lowest BCUT2D eigenvalue weighted by molar-refractivity contribution is -0.122. The molecule has 0 saturated heterocycles. The van der Waals surface area contributed by atoms with Crippen molar-refractivity contribution < 1.29 is 28.0 Å². The Balaban J connectivity index is 1.07. The largest absolute Gasteiger partial charge is 0.459 e. The Morgan fingerprint density at radius 2 is 0.957 bits per heavy atom. The van der Waals surface area contributed by atoms with Gasteiger partial charge in [-0.1, -0.05) is 37.1 Å². The van der Waals surface area contributed by atoms with Crippen LogP contribution in [0.5, 0.6) is 0 Å². The minimum absolute atomic E-state index is 0.183. The van der Waals surface area contributed by atoms with Gasteiger partial charge < -0.3 is 19.5 Å². The molecule has 0 unspecified atom stereocenters. The van der Waals surface area contributed by atoms with Gasteiger partial charge in [-0.3, -0.25) is 19.2 Å². The van der Waals surface area contributed by atoms with E-state index in [9.17, 15) is 19.2 Å². The first-order valence-corrected chi connectivity index (χ1v) is 14.9. The molecule has 0 aliphatic carbocycles. The molecule has 0 fully saturated rings. The van der Waals surface area contributed by atoms with E-state index >= 15 is 0 Å². The summed E-state index contributed by atoms with van der Waals surface area (Å²) in [5.41, 5.74) is 9.25. The monoisotopic (exact) mass is 624 g/mol. The summed E-state index contributed by atoms with van der Waals surface area (Å²) in [4.78, 5) is 48.6. The average Bonchev–Trinajstić information content (AvgIpc) is 3.81. The van der Waals surface area contributed by atoms with Gasteiger partial charge in [0.05, 0.1) is 23.9 Å². The number of unbranched alkanes of at least 4 members (excludes halogenated alkanes) is 3. The van der Waals surface area contributed by atoms with Gasteiger partial charge in [-0.05, 0) is 86.3 Å². The zero-order valence-corrected chi connectivity index (χ0v) is 25.7. The van der Waals surface area contributed by atoms with Crippen molar-refractivity contribution in [1.29, 1.82) is 0 Å². The molecule has 12 heteroatoms. The Hall–Kier alpha value is -5.78. The Morgan fingerprint density at radius 3 is 1.30 bits per heavy atom. The van der Waals surface area contributed by atoms with Crippen LogP contribution in [0.15, 0.2) is 104 Å². The van der Waals surface area contributed by atoms with Crippen molar-refractivity contribution in [2.24, 2.45) is 10.2 Å². The molecular weight excluding hydrogens is 588 g/mol. The summed E-state index contributed by atoms with van der Waals surface area (Å²) in [6.45, 7) is 3.57. The summed E-state index contributed by atoms with van der Waals surface area (Å²) in [7, 11) is 0. The lowest BCUT2D eigenvalue weighted by atomic mass is 10.1. The molecule has 0 aliphatic heterocycles. The van der Waals surface area contributed by atoms with Crippen LogP contribution in [0.4, 0.5) is 11.4 Å². The highest BCUT2D eigenvalue weighted by atomic mass is 16.3. The van der Waals surface area contributed by atoms with Gasteiger partial charge in [-0.2, -0.15) is 10.2 Å². The molecule has 2 aromatic heterocycles. The van der Waals surface area contributed by atoms with Crippen LogP contribution in [0.1, 0.15) is 84.6 Å². The van der Waals surface area contributed by atoms with Crippen LogP contribution >= 0.6 is 0 Å². The van der Waals surface area contributed by atoms with Gasteiger partial charge in [-0.15, -0.1) is 0 Å². The van der Waals surface area contributed by atoms with Gasteiger partial charge >= 0.3 is 0 Å². The zero-order valence-electron chi connectivity index (χ0n) is 25.7. The summed E-state index contributed by atoms with van der Waals surface area (Å²) in [5.74, 6) is -0.594. The fourth-order valence-electron chi connectivity index (χ4n) is 4.25. The van der Waals surface area contributed by atoms with Crippen molar-refractivity contribution in [3.63, 3.8) is 0 Å². The molecule has 4 amide bonds. The number of hydrazone groups is 2. The van der Waals surface area contributed by atoms with Crippen LogP contribution in [0.2, 0.25) is 0 Å². The van der Waals surface area contributed by atoms with E-state index in [1.165, 1.54) is 12.5 Å². The molecule has 4 N–H and O–H groups in total. The second kappa shape index (κ2) is 16.9. The standard InChI is InChI=1S/C34H36N6O6/c1-23(25-13-17-27(18-14-25)35-33(43)29-9-7-21-45-29)37-39-31(41)11-5-3-4-6-12-32(42)40-38-24(2)26-15-19-28(20-16-26)36-34(44)30-10-8-22-46-30/h7-10,13-22H,3-6,11-12H2,1-2H3,(H,35,43)(H,36,44)(H,39,41)(H,40,42). The molecule has 2 aromatic carbocycles. The molecule has 0 atom stereocenters. The van der Waals surface area contributed by atoms with Gasteiger partial charge in [0.1, 0.15) is 0 Å². The highest BCUT2D eigenvalue weighted by Crippen LogP contribution is 2.14. The molecule has 0 spiro atoms. The summed E-state index contributed by atoms with van der Waals surface area (Å²) >= 11 is 0. The molecule has 46 heavy (non-hydrogen) atoms. The number of furan rings is 2. The van der Waals surface area contributed by atoms with Crippen molar-refractivity contribution in [2.75, 3.05) is 10.6 Å². The first-order chi connectivity index (χ1) is 22.3. The maximum atomic E-state index is 12.2. The lowest BCUT2D eigenvalue weighted by Crippen LogP contribution is -2.19. The van der Waals surface area contributed by atoms with E-state index < -0.39 is 0 Å². The highest BCUT2D eigenvalue weighted by molar-refractivity contribution is 6.04. The van der Waals surface area contributed by atoms with Crippen molar-refractivity contribution >= 4 is 46.4 Å². The third kappa shape index (κ3) is 10.4.